The molecule has 0 aromatic heterocycles. The van der Waals surface area contributed by atoms with Gasteiger partial charge in [0.2, 0.25) is 0 Å². The Bertz CT molecular complexity index is 1080. The average molecular weight is 377 g/mol. The van der Waals surface area contributed by atoms with Crippen LogP contribution in [0.2, 0.25) is 5.02 Å². The minimum Gasteiger partial charge on any atom is -0.272 e. The van der Waals surface area contributed by atoms with Crippen molar-refractivity contribution in [2.24, 2.45) is 10.9 Å². The number of fused-ring (bicyclic) bond motifs is 2. The van der Waals surface area contributed by atoms with Crippen molar-refractivity contribution in [2.75, 3.05) is 0 Å². The van der Waals surface area contributed by atoms with Gasteiger partial charge in [-0.3, -0.25) is 4.79 Å². The highest BCUT2D eigenvalue weighted by molar-refractivity contribution is 6.30. The summed E-state index contributed by atoms with van der Waals surface area (Å²) in [4.78, 5) is 16.9. The van der Waals surface area contributed by atoms with E-state index in [0.717, 1.165) is 47.4 Å². The predicted octanol–water partition coefficient (Wildman–Crippen LogP) is 3.86. The van der Waals surface area contributed by atoms with E-state index in [-0.39, 0.29) is 11.8 Å². The number of amides is 1. The third kappa shape index (κ3) is 3.31. The minimum absolute atomic E-state index is 0.0251. The summed E-state index contributed by atoms with van der Waals surface area (Å²) in [6, 6.07) is 16.1. The smallest absolute Gasteiger partial charge is 0.253 e. The molecule has 27 heavy (non-hydrogen) atoms. The van der Waals surface area contributed by atoms with Crippen LogP contribution >= 0.6 is 11.6 Å². The second-order valence-electron chi connectivity index (χ2n) is 7.76. The molecule has 2 aromatic carbocycles. The lowest BCUT2D eigenvalue weighted by Gasteiger charge is -2.26. The van der Waals surface area contributed by atoms with E-state index in [2.05, 4.69) is 17.1 Å². The monoisotopic (exact) mass is 376 g/mol. The topological polar surface area (TPSA) is 53.2 Å². The minimum atomic E-state index is -0.716. The van der Waals surface area contributed by atoms with E-state index in [4.69, 9.17) is 11.6 Å². The molecule has 0 N–H and O–H groups in total. The molecule has 0 bridgehead atoms. The van der Waals surface area contributed by atoms with E-state index in [1.807, 2.05) is 43.3 Å². The summed E-state index contributed by atoms with van der Waals surface area (Å²) in [7, 11) is 0. The van der Waals surface area contributed by atoms with E-state index < -0.39 is 5.41 Å². The molecule has 4 heteroatoms. The number of hydrogen-bond donors (Lipinski definition) is 0. The molecule has 1 amide bonds. The molecular formula is C23H21ClN2O. The molecule has 1 fully saturated rings. The van der Waals surface area contributed by atoms with Gasteiger partial charge in [0, 0.05) is 10.2 Å². The number of nitriles is 1. The Morgan fingerprint density at radius 3 is 2.89 bits per heavy atom. The molecule has 0 radical (unpaired) electrons. The van der Waals surface area contributed by atoms with Gasteiger partial charge in [-0.05, 0) is 67.5 Å². The lowest BCUT2D eigenvalue weighted by Crippen LogP contribution is -2.40. The third-order valence-corrected chi connectivity index (χ3v) is 6.05. The Hall–Kier alpha value is -2.44. The van der Waals surface area contributed by atoms with Crippen molar-refractivity contribution in [3.8, 4) is 6.07 Å². The number of carbonyl (C=O) groups excluding carboxylic acids is 1. The first-order valence-corrected chi connectivity index (χ1v) is 9.80. The third-order valence-electron chi connectivity index (χ3n) is 5.81. The Labute approximate surface area is 164 Å². The molecule has 2 atom stereocenters. The Morgan fingerprint density at radius 1 is 1.26 bits per heavy atom. The van der Waals surface area contributed by atoms with Crippen molar-refractivity contribution < 1.29 is 4.79 Å². The van der Waals surface area contributed by atoms with Crippen molar-refractivity contribution in [1.82, 2.24) is 0 Å². The second kappa shape index (κ2) is 6.94. The molecule has 2 aromatic rings. The van der Waals surface area contributed by atoms with Crippen LogP contribution in [0.25, 0.3) is 5.57 Å². The summed E-state index contributed by atoms with van der Waals surface area (Å²) in [6.45, 7) is 1.93. The van der Waals surface area contributed by atoms with Crippen molar-refractivity contribution in [3.63, 3.8) is 0 Å². The quantitative estimate of drug-likeness (QED) is 0.816. The van der Waals surface area contributed by atoms with E-state index in [1.54, 1.807) is 0 Å². The highest BCUT2D eigenvalue weighted by Gasteiger charge is 2.31. The summed E-state index contributed by atoms with van der Waals surface area (Å²) < 4.78 is 0. The van der Waals surface area contributed by atoms with Gasteiger partial charge in [0.05, 0.1) is 22.8 Å². The number of nitrogens with zero attached hydrogens (tertiary/aromatic N) is 2. The maximum atomic E-state index is 12.5. The van der Waals surface area contributed by atoms with Crippen LogP contribution in [-0.4, -0.2) is 5.91 Å². The van der Waals surface area contributed by atoms with Crippen molar-refractivity contribution >= 4 is 23.1 Å². The maximum Gasteiger partial charge on any atom is 0.253 e. The molecule has 1 aliphatic carbocycles. The number of carbonyl (C=O) groups is 1. The van der Waals surface area contributed by atoms with Crippen LogP contribution in [0, 0.1) is 17.2 Å². The van der Waals surface area contributed by atoms with Crippen LogP contribution in [0.3, 0.4) is 0 Å². The fourth-order valence-corrected chi connectivity index (χ4v) is 4.52. The average Bonchev–Trinajstić information content (AvgIpc) is 2.68. The standard InChI is InChI=1S/C23H21ClN2O/c1-23(14-25,13-15-5-4-6-17(24)11-15)16-9-10-19-18-7-2-3-8-20(18)22(27)26-21(19)12-16/h4-6,9-12,20H,2-3,7-8,13H2,1H3. The predicted molar refractivity (Wildman–Crippen MR) is 106 cm³/mol. The number of benzene rings is 2. The number of hydrogen-bond acceptors (Lipinski definition) is 2. The normalized spacial score (nSPS) is 20.7. The van der Waals surface area contributed by atoms with Gasteiger partial charge in [-0.25, -0.2) is 4.99 Å². The van der Waals surface area contributed by atoms with Gasteiger partial charge >= 0.3 is 0 Å². The summed E-state index contributed by atoms with van der Waals surface area (Å²) in [6.07, 6.45) is 4.65. The van der Waals surface area contributed by atoms with Crippen LogP contribution in [0.4, 0.5) is 0 Å². The van der Waals surface area contributed by atoms with E-state index in [9.17, 15) is 10.1 Å². The van der Waals surface area contributed by atoms with Gasteiger partial charge in [0.1, 0.15) is 0 Å². The molecule has 2 aliphatic rings. The molecule has 4 rings (SSSR count). The first-order chi connectivity index (χ1) is 13.0. The summed E-state index contributed by atoms with van der Waals surface area (Å²) in [5.74, 6) is -0.0613. The molecule has 3 nitrogen and oxygen atoms in total. The van der Waals surface area contributed by atoms with Gasteiger partial charge in [-0.15, -0.1) is 0 Å². The zero-order valence-electron chi connectivity index (χ0n) is 15.3. The molecule has 1 heterocycles. The summed E-state index contributed by atoms with van der Waals surface area (Å²) >= 11 is 6.10. The van der Waals surface area contributed by atoms with Crippen LogP contribution in [0.5, 0.6) is 0 Å². The first-order valence-electron chi connectivity index (χ1n) is 9.42. The Morgan fingerprint density at radius 2 is 2.11 bits per heavy atom. The fraction of sp³-hybridized carbons (Fsp3) is 0.348. The number of rotatable bonds is 3. The first kappa shape index (κ1) is 17.9. The van der Waals surface area contributed by atoms with Gasteiger partial charge in [-0.2, -0.15) is 5.26 Å². The zero-order valence-corrected chi connectivity index (χ0v) is 16.1. The summed E-state index contributed by atoms with van der Waals surface area (Å²) in [5, 5.41) is 12.4. The van der Waals surface area contributed by atoms with Crippen LogP contribution in [-0.2, 0) is 16.6 Å². The van der Waals surface area contributed by atoms with Crippen LogP contribution in [0.1, 0.15) is 43.7 Å². The maximum absolute atomic E-state index is 12.5. The molecular weight excluding hydrogens is 356 g/mol. The lowest BCUT2D eigenvalue weighted by atomic mass is 9.77. The van der Waals surface area contributed by atoms with E-state index in [0.29, 0.717) is 11.4 Å². The Kier molecular flexibility index (Phi) is 4.61. The van der Waals surface area contributed by atoms with Crippen LogP contribution in [0.15, 0.2) is 47.5 Å². The molecule has 136 valence electrons. The fourth-order valence-electron chi connectivity index (χ4n) is 4.30. The lowest BCUT2D eigenvalue weighted by molar-refractivity contribution is -0.120. The van der Waals surface area contributed by atoms with Crippen molar-refractivity contribution in [2.45, 2.75) is 44.4 Å². The van der Waals surface area contributed by atoms with Gasteiger partial charge < -0.3 is 0 Å². The summed E-state index contributed by atoms with van der Waals surface area (Å²) in [5.41, 5.74) is 2.41. The molecule has 2 unspecified atom stereocenters. The highest BCUT2D eigenvalue weighted by Crippen LogP contribution is 2.32. The molecule has 1 saturated carbocycles. The number of halogens is 1. The molecule has 0 spiro atoms. The van der Waals surface area contributed by atoms with Gasteiger partial charge in [-0.1, -0.05) is 42.3 Å². The van der Waals surface area contributed by atoms with Crippen molar-refractivity contribution in [1.29, 1.82) is 5.26 Å². The van der Waals surface area contributed by atoms with Crippen LogP contribution < -0.4 is 10.6 Å². The van der Waals surface area contributed by atoms with E-state index >= 15 is 0 Å². The Balaban J connectivity index is 1.79. The second-order valence-corrected chi connectivity index (χ2v) is 8.19. The highest BCUT2D eigenvalue weighted by atomic mass is 35.5. The molecule has 1 aliphatic heterocycles. The van der Waals surface area contributed by atoms with E-state index in [1.165, 1.54) is 5.57 Å². The zero-order chi connectivity index (χ0) is 19.0. The van der Waals surface area contributed by atoms with Crippen molar-refractivity contribution in [3.05, 3.63) is 69.2 Å². The molecule has 0 saturated heterocycles. The largest absolute Gasteiger partial charge is 0.272 e. The SMILES string of the molecule is CC(C#N)(Cc1cccc(Cl)c1)c1ccc2c(c1)=NC(=O)C1CCCCC=21. The van der Waals surface area contributed by atoms with Gasteiger partial charge in [0.25, 0.3) is 5.91 Å². The van der Waals surface area contributed by atoms with Gasteiger partial charge in [0.15, 0.2) is 0 Å².